The molecule has 0 aliphatic heterocycles. The molecule has 0 unspecified atom stereocenters. The minimum atomic E-state index is -0.390. The Labute approximate surface area is 140 Å². The predicted octanol–water partition coefficient (Wildman–Crippen LogP) is 2.69. The summed E-state index contributed by atoms with van der Waals surface area (Å²) >= 11 is 0. The molecule has 1 aromatic carbocycles. The van der Waals surface area contributed by atoms with Crippen molar-refractivity contribution in [1.82, 2.24) is 14.8 Å². The quantitative estimate of drug-likeness (QED) is 0.676. The molecule has 0 saturated heterocycles. The van der Waals surface area contributed by atoms with E-state index in [-0.39, 0.29) is 5.97 Å². The van der Waals surface area contributed by atoms with Crippen LogP contribution in [-0.2, 0) is 11.3 Å². The Kier molecular flexibility index (Phi) is 4.56. The van der Waals surface area contributed by atoms with Gasteiger partial charge in [-0.15, -0.1) is 0 Å². The van der Waals surface area contributed by atoms with Gasteiger partial charge in [0.05, 0.1) is 12.8 Å². The van der Waals surface area contributed by atoms with E-state index in [2.05, 4.69) is 10.1 Å². The SMILES string of the molecule is COC(=O)c1cccnc1N(C)Cc1ccc(-n2cccn2)cc1. The van der Waals surface area contributed by atoms with Gasteiger partial charge in [-0.3, -0.25) is 0 Å². The Morgan fingerprint density at radius 2 is 1.96 bits per heavy atom. The predicted molar refractivity (Wildman–Crippen MR) is 91.2 cm³/mol. The number of pyridine rings is 1. The van der Waals surface area contributed by atoms with Gasteiger partial charge in [0.2, 0.25) is 0 Å². The van der Waals surface area contributed by atoms with Crippen LogP contribution in [0.25, 0.3) is 5.69 Å². The number of carbonyl (C=O) groups excluding carboxylic acids is 1. The van der Waals surface area contributed by atoms with Gasteiger partial charge in [0, 0.05) is 32.2 Å². The first kappa shape index (κ1) is 15.7. The summed E-state index contributed by atoms with van der Waals surface area (Å²) in [5.74, 6) is 0.208. The Hall–Kier alpha value is -3.15. The molecule has 24 heavy (non-hydrogen) atoms. The van der Waals surface area contributed by atoms with Gasteiger partial charge >= 0.3 is 5.97 Å². The number of hydrogen-bond donors (Lipinski definition) is 0. The fourth-order valence-electron chi connectivity index (χ4n) is 2.49. The van der Waals surface area contributed by atoms with E-state index in [1.807, 2.05) is 53.2 Å². The third-order valence-corrected chi connectivity index (χ3v) is 3.68. The van der Waals surface area contributed by atoms with Crippen LogP contribution in [0.4, 0.5) is 5.82 Å². The van der Waals surface area contributed by atoms with E-state index in [4.69, 9.17) is 4.74 Å². The summed E-state index contributed by atoms with van der Waals surface area (Å²) in [5.41, 5.74) is 2.56. The highest BCUT2D eigenvalue weighted by Crippen LogP contribution is 2.19. The maximum Gasteiger partial charge on any atom is 0.341 e. The summed E-state index contributed by atoms with van der Waals surface area (Å²) in [5, 5.41) is 4.21. The number of rotatable bonds is 5. The van der Waals surface area contributed by atoms with E-state index in [0.29, 0.717) is 17.9 Å². The van der Waals surface area contributed by atoms with Crippen LogP contribution in [-0.4, -0.2) is 34.9 Å². The fourth-order valence-corrected chi connectivity index (χ4v) is 2.49. The summed E-state index contributed by atoms with van der Waals surface area (Å²) in [6.07, 6.45) is 5.31. The molecular weight excluding hydrogens is 304 g/mol. The van der Waals surface area contributed by atoms with Crippen molar-refractivity contribution in [2.45, 2.75) is 6.54 Å². The number of aromatic nitrogens is 3. The molecule has 6 heteroatoms. The summed E-state index contributed by atoms with van der Waals surface area (Å²) in [7, 11) is 3.27. The van der Waals surface area contributed by atoms with E-state index in [9.17, 15) is 4.79 Å². The van der Waals surface area contributed by atoms with Crippen molar-refractivity contribution in [3.63, 3.8) is 0 Å². The van der Waals surface area contributed by atoms with Crippen molar-refractivity contribution in [3.8, 4) is 5.69 Å². The Morgan fingerprint density at radius 1 is 1.17 bits per heavy atom. The van der Waals surface area contributed by atoms with Crippen LogP contribution >= 0.6 is 0 Å². The lowest BCUT2D eigenvalue weighted by molar-refractivity contribution is 0.0601. The number of nitrogens with zero attached hydrogens (tertiary/aromatic N) is 4. The molecule has 6 nitrogen and oxygen atoms in total. The molecule has 122 valence electrons. The summed E-state index contributed by atoms with van der Waals surface area (Å²) < 4.78 is 6.63. The molecule has 0 fully saturated rings. The highest BCUT2D eigenvalue weighted by atomic mass is 16.5. The fraction of sp³-hybridized carbons (Fsp3) is 0.167. The molecule has 0 atom stereocenters. The van der Waals surface area contributed by atoms with Gasteiger partial charge in [-0.1, -0.05) is 12.1 Å². The Morgan fingerprint density at radius 3 is 2.62 bits per heavy atom. The van der Waals surface area contributed by atoms with Gasteiger partial charge in [-0.2, -0.15) is 5.10 Å². The van der Waals surface area contributed by atoms with Gasteiger partial charge in [0.25, 0.3) is 0 Å². The van der Waals surface area contributed by atoms with Crippen molar-refractivity contribution in [1.29, 1.82) is 0 Å². The molecule has 3 rings (SSSR count). The highest BCUT2D eigenvalue weighted by molar-refractivity contribution is 5.94. The summed E-state index contributed by atoms with van der Waals surface area (Å²) in [6.45, 7) is 0.625. The number of esters is 1. The van der Waals surface area contributed by atoms with E-state index in [0.717, 1.165) is 11.3 Å². The van der Waals surface area contributed by atoms with Crippen molar-refractivity contribution in [2.24, 2.45) is 0 Å². The second-order valence-corrected chi connectivity index (χ2v) is 5.34. The average molecular weight is 322 g/mol. The number of ether oxygens (including phenoxy) is 1. The second-order valence-electron chi connectivity index (χ2n) is 5.34. The molecule has 0 aliphatic rings. The Bertz CT molecular complexity index is 813. The molecule has 0 N–H and O–H groups in total. The van der Waals surface area contributed by atoms with Crippen LogP contribution in [0.1, 0.15) is 15.9 Å². The number of benzene rings is 1. The number of methoxy groups -OCH3 is 1. The molecule has 2 heterocycles. The van der Waals surface area contributed by atoms with E-state index < -0.39 is 0 Å². The lowest BCUT2D eigenvalue weighted by atomic mass is 10.2. The van der Waals surface area contributed by atoms with Gasteiger partial charge in [0.15, 0.2) is 0 Å². The van der Waals surface area contributed by atoms with Crippen LogP contribution in [0.2, 0.25) is 0 Å². The normalized spacial score (nSPS) is 10.4. The van der Waals surface area contributed by atoms with Crippen LogP contribution < -0.4 is 4.90 Å². The van der Waals surface area contributed by atoms with Gasteiger partial charge in [0.1, 0.15) is 11.4 Å². The minimum Gasteiger partial charge on any atom is -0.465 e. The Balaban J connectivity index is 1.78. The van der Waals surface area contributed by atoms with Crippen LogP contribution in [0.5, 0.6) is 0 Å². The largest absolute Gasteiger partial charge is 0.465 e. The molecule has 0 radical (unpaired) electrons. The molecule has 2 aromatic heterocycles. The van der Waals surface area contributed by atoms with Crippen molar-refractivity contribution in [3.05, 3.63) is 72.2 Å². The number of anilines is 1. The van der Waals surface area contributed by atoms with Crippen LogP contribution in [0, 0.1) is 0 Å². The average Bonchev–Trinajstić information content (AvgIpc) is 3.16. The molecule has 0 bridgehead atoms. The van der Waals surface area contributed by atoms with Crippen molar-refractivity contribution < 1.29 is 9.53 Å². The second kappa shape index (κ2) is 6.95. The zero-order chi connectivity index (χ0) is 16.9. The van der Waals surface area contributed by atoms with Gasteiger partial charge in [-0.25, -0.2) is 14.5 Å². The van der Waals surface area contributed by atoms with E-state index in [1.165, 1.54) is 7.11 Å². The van der Waals surface area contributed by atoms with Gasteiger partial charge in [-0.05, 0) is 35.9 Å². The molecule has 0 aliphatic carbocycles. The van der Waals surface area contributed by atoms with Crippen LogP contribution in [0.3, 0.4) is 0 Å². The number of hydrogen-bond acceptors (Lipinski definition) is 5. The number of carbonyl (C=O) groups is 1. The summed E-state index contributed by atoms with van der Waals surface area (Å²) in [4.78, 5) is 18.1. The molecule has 3 aromatic rings. The van der Waals surface area contributed by atoms with E-state index in [1.54, 1.807) is 24.5 Å². The van der Waals surface area contributed by atoms with Gasteiger partial charge < -0.3 is 9.64 Å². The molecular formula is C18H18N4O2. The lowest BCUT2D eigenvalue weighted by Crippen LogP contribution is -2.21. The topological polar surface area (TPSA) is 60.2 Å². The van der Waals surface area contributed by atoms with Crippen LogP contribution in [0.15, 0.2) is 61.1 Å². The zero-order valence-electron chi connectivity index (χ0n) is 13.6. The van der Waals surface area contributed by atoms with Crippen molar-refractivity contribution in [2.75, 3.05) is 19.1 Å². The third-order valence-electron chi connectivity index (χ3n) is 3.68. The zero-order valence-corrected chi connectivity index (χ0v) is 13.6. The van der Waals surface area contributed by atoms with E-state index >= 15 is 0 Å². The summed E-state index contributed by atoms with van der Waals surface area (Å²) in [6, 6.07) is 13.4. The minimum absolute atomic E-state index is 0.390. The maximum atomic E-state index is 11.9. The highest BCUT2D eigenvalue weighted by Gasteiger charge is 2.16. The molecule has 0 amide bonds. The van der Waals surface area contributed by atoms with Crippen molar-refractivity contribution >= 4 is 11.8 Å². The first-order valence-electron chi connectivity index (χ1n) is 7.52. The smallest absolute Gasteiger partial charge is 0.341 e. The third kappa shape index (κ3) is 3.27. The first-order valence-corrected chi connectivity index (χ1v) is 7.52. The molecule has 0 spiro atoms. The standard InChI is InChI=1S/C18H18N4O2/c1-21(17-16(18(23)24-2)5-3-10-19-17)13-14-6-8-15(9-7-14)22-12-4-11-20-22/h3-12H,13H2,1-2H3. The lowest BCUT2D eigenvalue weighted by Gasteiger charge is -2.20. The molecule has 0 saturated carbocycles. The first-order chi connectivity index (χ1) is 11.7. The maximum absolute atomic E-state index is 11.9. The monoisotopic (exact) mass is 322 g/mol.